The Bertz CT molecular complexity index is 1950. The van der Waals surface area contributed by atoms with Crippen LogP contribution in [0.2, 0.25) is 0 Å². The smallest absolute Gasteiger partial charge is 0.366 e. The SMILES string of the molecule is O=C(NCc1cc(-c2ccc(C(F)(F)F)cc2)nc(N2CCN(c3ccccc3F)CC2)n1)[C@@H]1CCCN1S(=O)(=O)c1ccc(F)c(F)c1. The number of piperazine rings is 1. The largest absolute Gasteiger partial charge is 0.416 e. The van der Waals surface area contributed by atoms with E-state index in [-0.39, 0.29) is 31.3 Å². The summed E-state index contributed by atoms with van der Waals surface area (Å²) in [6, 6.07) is 13.4. The molecule has 1 amide bonds. The number of carbonyl (C=O) groups excluding carboxylic acids is 1. The van der Waals surface area contributed by atoms with Crippen LogP contribution in [0.25, 0.3) is 11.3 Å². The summed E-state index contributed by atoms with van der Waals surface area (Å²) in [4.78, 5) is 25.8. The Labute approximate surface area is 278 Å². The molecule has 6 rings (SSSR count). The van der Waals surface area contributed by atoms with Crippen molar-refractivity contribution in [2.75, 3.05) is 42.5 Å². The number of benzene rings is 3. The van der Waals surface area contributed by atoms with Gasteiger partial charge in [-0.1, -0.05) is 24.3 Å². The minimum atomic E-state index is -4.53. The van der Waals surface area contributed by atoms with Crippen LogP contribution in [0.4, 0.5) is 38.0 Å². The zero-order chi connectivity index (χ0) is 34.9. The Kier molecular flexibility index (Phi) is 9.53. The van der Waals surface area contributed by atoms with Gasteiger partial charge in [0.1, 0.15) is 11.9 Å². The van der Waals surface area contributed by atoms with E-state index in [2.05, 4.69) is 15.3 Å². The molecule has 258 valence electrons. The van der Waals surface area contributed by atoms with Crippen LogP contribution in [0.3, 0.4) is 0 Å². The first kappa shape index (κ1) is 34.2. The number of sulfonamides is 1. The van der Waals surface area contributed by atoms with Gasteiger partial charge < -0.3 is 15.1 Å². The summed E-state index contributed by atoms with van der Waals surface area (Å²) in [7, 11) is -4.33. The molecule has 0 saturated carbocycles. The van der Waals surface area contributed by atoms with E-state index in [4.69, 9.17) is 0 Å². The summed E-state index contributed by atoms with van der Waals surface area (Å²) in [5.41, 5.74) is 0.591. The van der Waals surface area contributed by atoms with Crippen molar-refractivity contribution in [1.82, 2.24) is 19.6 Å². The van der Waals surface area contributed by atoms with Crippen LogP contribution in [-0.4, -0.2) is 67.4 Å². The van der Waals surface area contributed by atoms with E-state index in [0.717, 1.165) is 22.5 Å². The number of hydrogen-bond donors (Lipinski definition) is 1. The number of halogens is 6. The topological polar surface area (TPSA) is 98.7 Å². The highest BCUT2D eigenvalue weighted by Crippen LogP contribution is 2.32. The van der Waals surface area contributed by atoms with Crippen molar-refractivity contribution >= 4 is 27.6 Å². The van der Waals surface area contributed by atoms with Crippen LogP contribution < -0.4 is 15.1 Å². The molecule has 0 spiro atoms. The van der Waals surface area contributed by atoms with Gasteiger partial charge in [0.15, 0.2) is 11.6 Å². The van der Waals surface area contributed by atoms with Gasteiger partial charge in [0.05, 0.1) is 34.1 Å². The molecule has 2 aliphatic heterocycles. The van der Waals surface area contributed by atoms with E-state index < -0.39 is 50.2 Å². The molecule has 1 aromatic heterocycles. The summed E-state index contributed by atoms with van der Waals surface area (Å²) in [6.07, 6.45) is -3.99. The van der Waals surface area contributed by atoms with Gasteiger partial charge in [0.2, 0.25) is 21.9 Å². The van der Waals surface area contributed by atoms with Crippen LogP contribution in [0.1, 0.15) is 24.1 Å². The lowest BCUT2D eigenvalue weighted by Crippen LogP contribution is -2.47. The summed E-state index contributed by atoms with van der Waals surface area (Å²) < 4.78 is 109. The molecule has 9 nitrogen and oxygen atoms in total. The average Bonchev–Trinajstić information content (AvgIpc) is 3.60. The second kappa shape index (κ2) is 13.7. The molecule has 3 heterocycles. The van der Waals surface area contributed by atoms with Gasteiger partial charge in [-0.15, -0.1) is 0 Å². The monoisotopic (exact) mass is 704 g/mol. The minimum absolute atomic E-state index is 0.00595. The lowest BCUT2D eigenvalue weighted by atomic mass is 10.1. The van der Waals surface area contributed by atoms with Gasteiger partial charge in [0, 0.05) is 38.3 Å². The number of nitrogens with one attached hydrogen (secondary N) is 1. The molecule has 3 aromatic carbocycles. The van der Waals surface area contributed by atoms with Crippen LogP contribution >= 0.6 is 0 Å². The van der Waals surface area contributed by atoms with Crippen molar-refractivity contribution in [3.63, 3.8) is 0 Å². The second-order valence-electron chi connectivity index (χ2n) is 11.6. The van der Waals surface area contributed by atoms with E-state index >= 15 is 0 Å². The fourth-order valence-electron chi connectivity index (χ4n) is 5.91. The normalized spacial score (nSPS) is 17.4. The Morgan fingerprint density at radius 3 is 2.18 bits per heavy atom. The Morgan fingerprint density at radius 1 is 0.816 bits per heavy atom. The van der Waals surface area contributed by atoms with E-state index in [1.807, 2.05) is 9.80 Å². The number of para-hydroxylation sites is 1. The quantitative estimate of drug-likeness (QED) is 0.246. The number of anilines is 2. The maximum atomic E-state index is 14.4. The van der Waals surface area contributed by atoms with Crippen molar-refractivity contribution in [1.29, 1.82) is 0 Å². The first-order chi connectivity index (χ1) is 23.3. The number of nitrogens with zero attached hydrogens (tertiary/aromatic N) is 5. The predicted molar refractivity (Wildman–Crippen MR) is 168 cm³/mol. The average molecular weight is 705 g/mol. The summed E-state index contributed by atoms with van der Waals surface area (Å²) in [5.74, 6) is -3.29. The summed E-state index contributed by atoms with van der Waals surface area (Å²) >= 11 is 0. The molecule has 2 fully saturated rings. The molecule has 49 heavy (non-hydrogen) atoms. The molecule has 1 N–H and O–H groups in total. The number of aromatic nitrogens is 2. The van der Waals surface area contributed by atoms with Gasteiger partial charge in [0.25, 0.3) is 0 Å². The molecule has 0 bridgehead atoms. The van der Waals surface area contributed by atoms with Crippen LogP contribution in [0.5, 0.6) is 0 Å². The third-order valence-corrected chi connectivity index (χ3v) is 10.4. The highest BCUT2D eigenvalue weighted by Gasteiger charge is 2.40. The number of amides is 1. The molecule has 0 unspecified atom stereocenters. The lowest BCUT2D eigenvalue weighted by molar-refractivity contribution is -0.137. The predicted octanol–water partition coefficient (Wildman–Crippen LogP) is 5.38. The zero-order valence-electron chi connectivity index (χ0n) is 25.8. The molecular formula is C33H30F6N6O3S. The third kappa shape index (κ3) is 7.34. The molecule has 4 aromatic rings. The minimum Gasteiger partial charge on any atom is -0.366 e. The molecule has 16 heteroatoms. The number of rotatable bonds is 8. The third-order valence-electron chi connectivity index (χ3n) is 8.48. The first-order valence-corrected chi connectivity index (χ1v) is 16.8. The van der Waals surface area contributed by atoms with Gasteiger partial charge in [-0.3, -0.25) is 4.79 Å². The first-order valence-electron chi connectivity index (χ1n) is 15.4. The number of carbonyl (C=O) groups is 1. The highest BCUT2D eigenvalue weighted by molar-refractivity contribution is 7.89. The molecule has 2 saturated heterocycles. The molecule has 1 atom stereocenters. The van der Waals surface area contributed by atoms with Gasteiger partial charge in [-0.25, -0.2) is 31.6 Å². The zero-order valence-corrected chi connectivity index (χ0v) is 26.6. The fraction of sp³-hybridized carbons (Fsp3) is 0.303. The lowest BCUT2D eigenvalue weighted by Gasteiger charge is -2.36. The van der Waals surface area contributed by atoms with Crippen molar-refractivity contribution in [2.45, 2.75) is 36.5 Å². The van der Waals surface area contributed by atoms with Crippen LogP contribution in [0.15, 0.2) is 77.7 Å². The van der Waals surface area contributed by atoms with Crippen LogP contribution in [-0.2, 0) is 27.5 Å². The van der Waals surface area contributed by atoms with Crippen molar-refractivity contribution < 1.29 is 39.6 Å². The maximum absolute atomic E-state index is 14.4. The maximum Gasteiger partial charge on any atom is 0.416 e. The standard InChI is InChI=1S/C33H30F6N6O3S/c34-25-12-11-24(19-27(25)36)49(47,48)45-13-3-6-30(45)31(46)40-20-23-18-28(21-7-9-22(10-8-21)33(37,38)39)42-32(41-23)44-16-14-43(15-17-44)29-5-2-1-4-26(29)35/h1-2,4-5,7-12,18-19,30H,3,6,13-17,20H2,(H,40,46)/t30-/m0/s1. The molecule has 0 radical (unpaired) electrons. The van der Waals surface area contributed by atoms with Gasteiger partial charge in [-0.2, -0.15) is 17.5 Å². The van der Waals surface area contributed by atoms with E-state index in [0.29, 0.717) is 67.4 Å². The Balaban J connectivity index is 1.23. The van der Waals surface area contributed by atoms with E-state index in [9.17, 15) is 39.6 Å². The summed E-state index contributed by atoms with van der Waals surface area (Å²) in [5, 5.41) is 2.70. The molecule has 0 aliphatic carbocycles. The van der Waals surface area contributed by atoms with E-state index in [1.165, 1.54) is 24.3 Å². The van der Waals surface area contributed by atoms with Gasteiger partial charge in [-0.05, 0) is 61.4 Å². The summed E-state index contributed by atoms with van der Waals surface area (Å²) in [6.45, 7) is 1.49. The van der Waals surface area contributed by atoms with Crippen LogP contribution in [0, 0.1) is 17.5 Å². The number of hydrogen-bond acceptors (Lipinski definition) is 7. The van der Waals surface area contributed by atoms with Crippen molar-refractivity contribution in [3.8, 4) is 11.3 Å². The van der Waals surface area contributed by atoms with Crippen molar-refractivity contribution in [2.24, 2.45) is 0 Å². The Morgan fingerprint density at radius 2 is 1.51 bits per heavy atom. The van der Waals surface area contributed by atoms with E-state index in [1.54, 1.807) is 18.2 Å². The second-order valence-corrected chi connectivity index (χ2v) is 13.5. The molecule has 2 aliphatic rings. The van der Waals surface area contributed by atoms with Crippen molar-refractivity contribution in [3.05, 3.63) is 102 Å². The fourth-order valence-corrected chi connectivity index (χ4v) is 7.58. The highest BCUT2D eigenvalue weighted by atomic mass is 32.2. The number of alkyl halides is 3. The Hall–Kier alpha value is -4.70. The molecular weight excluding hydrogens is 674 g/mol. The van der Waals surface area contributed by atoms with Gasteiger partial charge >= 0.3 is 6.18 Å².